The van der Waals surface area contributed by atoms with E-state index < -0.39 is 5.97 Å². The van der Waals surface area contributed by atoms with Gasteiger partial charge in [0.05, 0.1) is 24.1 Å². The number of aromatic nitrogens is 2. The smallest absolute Gasteiger partial charge is 0.384 e. The lowest BCUT2D eigenvalue weighted by molar-refractivity contribution is -0.136. The molecule has 0 aliphatic carbocycles. The fourth-order valence-corrected chi connectivity index (χ4v) is 1.72. The van der Waals surface area contributed by atoms with E-state index in [1.165, 1.54) is 0 Å². The van der Waals surface area contributed by atoms with Gasteiger partial charge in [0, 0.05) is 13.0 Å². The van der Waals surface area contributed by atoms with Gasteiger partial charge in [0.25, 0.3) is 0 Å². The minimum Gasteiger partial charge on any atom is -0.456 e. The highest BCUT2D eigenvalue weighted by Gasteiger charge is 2.05. The summed E-state index contributed by atoms with van der Waals surface area (Å²) in [6.07, 6.45) is 0.435. The van der Waals surface area contributed by atoms with E-state index in [1.54, 1.807) is 6.92 Å². The van der Waals surface area contributed by atoms with E-state index in [0.29, 0.717) is 13.0 Å². The van der Waals surface area contributed by atoms with Gasteiger partial charge in [0.1, 0.15) is 5.82 Å². The topological polar surface area (TPSA) is 44.1 Å². The maximum Gasteiger partial charge on any atom is 0.384 e. The number of nitrogens with zero attached hydrogens (tertiary/aromatic N) is 2. The molecule has 4 heteroatoms. The zero-order valence-electron chi connectivity index (χ0n) is 10.4. The third-order valence-electron chi connectivity index (χ3n) is 2.59. The van der Waals surface area contributed by atoms with Crippen molar-refractivity contribution in [2.75, 3.05) is 6.61 Å². The summed E-state index contributed by atoms with van der Waals surface area (Å²) in [6.45, 7) is 2.10. The van der Waals surface area contributed by atoms with Crippen molar-refractivity contribution in [1.82, 2.24) is 9.55 Å². The molecule has 0 N–H and O–H groups in total. The highest BCUT2D eigenvalue weighted by molar-refractivity contribution is 5.88. The van der Waals surface area contributed by atoms with Crippen LogP contribution in [-0.4, -0.2) is 22.1 Å². The van der Waals surface area contributed by atoms with Gasteiger partial charge >= 0.3 is 5.97 Å². The number of esters is 1. The van der Waals surface area contributed by atoms with Crippen molar-refractivity contribution in [2.45, 2.75) is 13.3 Å². The molecule has 0 bridgehead atoms. The van der Waals surface area contributed by atoms with Gasteiger partial charge in [-0.2, -0.15) is 0 Å². The van der Waals surface area contributed by atoms with Crippen LogP contribution in [0, 0.1) is 11.8 Å². The SMILES string of the molecule is CCOC(=O)C#CCc1nc2ccccc2n1C. The number of para-hydroxylation sites is 2. The molecule has 0 saturated carbocycles. The van der Waals surface area contributed by atoms with E-state index in [2.05, 4.69) is 16.8 Å². The molecule has 1 aromatic carbocycles. The number of aryl methyl sites for hydroxylation is 1. The van der Waals surface area contributed by atoms with E-state index in [9.17, 15) is 4.79 Å². The molecule has 0 unspecified atom stereocenters. The Bertz CT molecular complexity index is 632. The first-order valence-corrected chi connectivity index (χ1v) is 5.78. The zero-order valence-corrected chi connectivity index (χ0v) is 10.4. The van der Waals surface area contributed by atoms with Crippen LogP contribution in [0.4, 0.5) is 0 Å². The predicted molar refractivity (Wildman–Crippen MR) is 68.8 cm³/mol. The highest BCUT2D eigenvalue weighted by Crippen LogP contribution is 2.14. The van der Waals surface area contributed by atoms with Crippen molar-refractivity contribution in [3.05, 3.63) is 30.1 Å². The van der Waals surface area contributed by atoms with Crippen molar-refractivity contribution >= 4 is 17.0 Å². The van der Waals surface area contributed by atoms with Crippen molar-refractivity contribution < 1.29 is 9.53 Å². The van der Waals surface area contributed by atoms with Crippen LogP contribution >= 0.6 is 0 Å². The normalized spacial score (nSPS) is 9.89. The molecule has 0 aliphatic rings. The number of imidazole rings is 1. The van der Waals surface area contributed by atoms with Gasteiger partial charge in [-0.25, -0.2) is 9.78 Å². The molecule has 2 rings (SSSR count). The minimum atomic E-state index is -0.490. The first-order chi connectivity index (χ1) is 8.72. The van der Waals surface area contributed by atoms with Gasteiger partial charge in [-0.15, -0.1) is 0 Å². The Kier molecular flexibility index (Phi) is 3.63. The fourth-order valence-electron chi connectivity index (χ4n) is 1.72. The monoisotopic (exact) mass is 242 g/mol. The van der Waals surface area contributed by atoms with Crippen LogP contribution in [0.5, 0.6) is 0 Å². The average molecular weight is 242 g/mol. The maximum atomic E-state index is 11.1. The Labute approximate surface area is 106 Å². The molecule has 1 aromatic heterocycles. The van der Waals surface area contributed by atoms with Crippen LogP contribution in [0.1, 0.15) is 12.7 Å². The summed E-state index contributed by atoms with van der Waals surface area (Å²) in [6, 6.07) is 7.88. The Hall–Kier alpha value is -2.28. The summed E-state index contributed by atoms with van der Waals surface area (Å²) in [5, 5.41) is 0. The summed E-state index contributed by atoms with van der Waals surface area (Å²) < 4.78 is 6.71. The molecule has 2 aromatic rings. The van der Waals surface area contributed by atoms with Crippen molar-refractivity contribution in [3.8, 4) is 11.8 Å². The van der Waals surface area contributed by atoms with Gasteiger partial charge in [-0.3, -0.25) is 0 Å². The summed E-state index contributed by atoms with van der Waals surface area (Å²) in [5.74, 6) is 5.57. The van der Waals surface area contributed by atoms with Crippen LogP contribution < -0.4 is 0 Å². The second kappa shape index (κ2) is 5.37. The predicted octanol–water partition coefficient (Wildman–Crippen LogP) is 1.68. The van der Waals surface area contributed by atoms with Crippen LogP contribution in [0.2, 0.25) is 0 Å². The number of benzene rings is 1. The Morgan fingerprint density at radius 3 is 2.94 bits per heavy atom. The van der Waals surface area contributed by atoms with Crippen molar-refractivity contribution in [2.24, 2.45) is 7.05 Å². The number of carbonyl (C=O) groups is 1. The number of carbonyl (C=O) groups excluding carboxylic acids is 1. The second-order valence-corrected chi connectivity index (χ2v) is 3.77. The van der Waals surface area contributed by atoms with E-state index in [1.807, 2.05) is 35.9 Å². The van der Waals surface area contributed by atoms with Crippen molar-refractivity contribution in [3.63, 3.8) is 0 Å². The minimum absolute atomic E-state index is 0.347. The van der Waals surface area contributed by atoms with E-state index in [0.717, 1.165) is 16.9 Å². The quantitative estimate of drug-likeness (QED) is 0.457. The first-order valence-electron chi connectivity index (χ1n) is 5.78. The molecule has 0 atom stereocenters. The lowest BCUT2D eigenvalue weighted by Gasteiger charge is -1.97. The second-order valence-electron chi connectivity index (χ2n) is 3.77. The third-order valence-corrected chi connectivity index (χ3v) is 2.59. The Morgan fingerprint density at radius 1 is 1.44 bits per heavy atom. The summed E-state index contributed by atoms with van der Waals surface area (Å²) in [7, 11) is 1.94. The average Bonchev–Trinajstić information content (AvgIpc) is 2.68. The summed E-state index contributed by atoms with van der Waals surface area (Å²) in [4.78, 5) is 15.5. The molecule has 1 heterocycles. The molecule has 0 fully saturated rings. The Balaban J connectivity index is 2.17. The van der Waals surface area contributed by atoms with Gasteiger partial charge in [-0.1, -0.05) is 18.1 Å². The lowest BCUT2D eigenvalue weighted by atomic mass is 10.3. The van der Waals surface area contributed by atoms with Crippen LogP contribution in [0.3, 0.4) is 0 Å². The zero-order chi connectivity index (χ0) is 13.0. The fraction of sp³-hybridized carbons (Fsp3) is 0.286. The van der Waals surface area contributed by atoms with Gasteiger partial charge < -0.3 is 9.30 Å². The van der Waals surface area contributed by atoms with Gasteiger partial charge in [0.2, 0.25) is 0 Å². The third kappa shape index (κ3) is 2.51. The van der Waals surface area contributed by atoms with E-state index >= 15 is 0 Å². The maximum absolute atomic E-state index is 11.1. The molecule has 92 valence electrons. The van der Waals surface area contributed by atoms with E-state index in [4.69, 9.17) is 4.74 Å². The lowest BCUT2D eigenvalue weighted by Crippen LogP contribution is -2.01. The number of ether oxygens (including phenoxy) is 1. The first kappa shape index (κ1) is 12.2. The number of hydrogen-bond acceptors (Lipinski definition) is 3. The van der Waals surface area contributed by atoms with Crippen molar-refractivity contribution in [1.29, 1.82) is 0 Å². The summed E-state index contributed by atoms with van der Waals surface area (Å²) in [5.41, 5.74) is 2.00. The number of hydrogen-bond donors (Lipinski definition) is 0. The molecule has 0 amide bonds. The molecule has 4 nitrogen and oxygen atoms in total. The van der Waals surface area contributed by atoms with Crippen LogP contribution in [0.15, 0.2) is 24.3 Å². The molecule has 0 spiro atoms. The molecular weight excluding hydrogens is 228 g/mol. The molecule has 18 heavy (non-hydrogen) atoms. The molecule has 0 radical (unpaired) electrons. The molecule has 0 saturated heterocycles. The Morgan fingerprint density at radius 2 is 2.22 bits per heavy atom. The van der Waals surface area contributed by atoms with Gasteiger partial charge in [-0.05, 0) is 19.1 Å². The molecule has 0 aliphatic heterocycles. The highest BCUT2D eigenvalue weighted by atomic mass is 16.5. The number of fused-ring (bicyclic) bond motifs is 1. The van der Waals surface area contributed by atoms with Crippen LogP contribution in [-0.2, 0) is 23.0 Å². The van der Waals surface area contributed by atoms with Gasteiger partial charge in [0.15, 0.2) is 0 Å². The number of rotatable bonds is 2. The molecular formula is C14H14N2O2. The largest absolute Gasteiger partial charge is 0.456 e. The van der Waals surface area contributed by atoms with Crippen LogP contribution in [0.25, 0.3) is 11.0 Å². The summed E-state index contributed by atoms with van der Waals surface area (Å²) >= 11 is 0. The standard InChI is InChI=1S/C14H14N2O2/c1-3-18-14(17)10-6-9-13-15-11-7-4-5-8-12(11)16(13)2/h4-5,7-8H,3,9H2,1-2H3. The van der Waals surface area contributed by atoms with E-state index in [-0.39, 0.29) is 0 Å².